The van der Waals surface area contributed by atoms with Gasteiger partial charge in [0.25, 0.3) is 0 Å². The number of methoxy groups -OCH3 is 1. The molecule has 0 aliphatic carbocycles. The summed E-state index contributed by atoms with van der Waals surface area (Å²) in [5.74, 6) is 0.249. The molecule has 1 aromatic heterocycles. The average Bonchev–Trinajstić information content (AvgIpc) is 2.84. The molecule has 7 heteroatoms. The summed E-state index contributed by atoms with van der Waals surface area (Å²) in [5.41, 5.74) is 1.30. The number of ether oxygens (including phenoxy) is 3. The van der Waals surface area contributed by atoms with Gasteiger partial charge in [-0.15, -0.1) is 0 Å². The first-order chi connectivity index (χ1) is 15.2. The van der Waals surface area contributed by atoms with E-state index in [1.165, 1.54) is 13.3 Å². The van der Waals surface area contributed by atoms with E-state index >= 15 is 0 Å². The third-order valence-electron chi connectivity index (χ3n) is 4.99. The van der Waals surface area contributed by atoms with E-state index in [0.717, 1.165) is 30.0 Å². The maximum atomic E-state index is 11.9. The monoisotopic (exact) mass is 420 g/mol. The molecule has 3 aromatic rings. The lowest BCUT2D eigenvalue weighted by atomic mass is 10.1. The molecule has 0 saturated carbocycles. The fourth-order valence-corrected chi connectivity index (χ4v) is 3.31. The van der Waals surface area contributed by atoms with Gasteiger partial charge in [0, 0.05) is 12.6 Å². The minimum atomic E-state index is -0.449. The highest BCUT2D eigenvalue weighted by atomic mass is 16.8. The highest BCUT2D eigenvalue weighted by molar-refractivity contribution is 6.01. The summed E-state index contributed by atoms with van der Waals surface area (Å²) in [4.78, 5) is 21.9. The summed E-state index contributed by atoms with van der Waals surface area (Å²) < 4.78 is 16.4. The summed E-state index contributed by atoms with van der Waals surface area (Å²) in [6, 6.07) is 17.1. The molecule has 0 N–H and O–H groups in total. The van der Waals surface area contributed by atoms with Gasteiger partial charge in [-0.3, -0.25) is 4.98 Å². The molecule has 1 aliphatic rings. The molecular formula is C24H24N2O5. The van der Waals surface area contributed by atoms with Crippen molar-refractivity contribution in [2.45, 2.75) is 25.6 Å². The Morgan fingerprint density at radius 2 is 2.00 bits per heavy atom. The molecule has 4 rings (SSSR count). The molecule has 0 amide bonds. The Morgan fingerprint density at radius 3 is 2.81 bits per heavy atom. The molecule has 1 saturated heterocycles. The molecular weight excluding hydrogens is 396 g/mol. The number of benzene rings is 2. The van der Waals surface area contributed by atoms with E-state index < -0.39 is 12.3 Å². The predicted molar refractivity (Wildman–Crippen MR) is 116 cm³/mol. The van der Waals surface area contributed by atoms with Gasteiger partial charge in [0.1, 0.15) is 18.1 Å². The third kappa shape index (κ3) is 5.38. The first-order valence-corrected chi connectivity index (χ1v) is 10.2. The number of hydrogen-bond acceptors (Lipinski definition) is 7. The van der Waals surface area contributed by atoms with Crippen molar-refractivity contribution in [2.75, 3.05) is 20.3 Å². The normalized spacial score (nSPS) is 16.7. The molecule has 0 bridgehead atoms. The quantitative estimate of drug-likeness (QED) is 0.321. The predicted octanol–water partition coefficient (Wildman–Crippen LogP) is 4.35. The van der Waals surface area contributed by atoms with Crippen molar-refractivity contribution in [1.82, 2.24) is 4.98 Å². The van der Waals surface area contributed by atoms with Crippen LogP contribution in [0.5, 0.6) is 5.75 Å². The molecule has 31 heavy (non-hydrogen) atoms. The number of pyridine rings is 1. The maximum absolute atomic E-state index is 11.9. The van der Waals surface area contributed by atoms with Crippen LogP contribution in [0.4, 0.5) is 0 Å². The first-order valence-electron chi connectivity index (χ1n) is 10.2. The molecule has 7 nitrogen and oxygen atoms in total. The summed E-state index contributed by atoms with van der Waals surface area (Å²) in [6.07, 6.45) is 3.96. The summed E-state index contributed by atoms with van der Waals surface area (Å²) in [5, 5.41) is 6.49. The Labute approximate surface area is 180 Å². The average molecular weight is 420 g/mol. The van der Waals surface area contributed by atoms with E-state index in [9.17, 15) is 4.79 Å². The van der Waals surface area contributed by atoms with Gasteiger partial charge in [-0.25, -0.2) is 4.79 Å². The highest BCUT2D eigenvalue weighted by Gasteiger charge is 2.17. The number of carbonyl (C=O) groups excluding carboxylic acids is 1. The highest BCUT2D eigenvalue weighted by Crippen LogP contribution is 2.21. The van der Waals surface area contributed by atoms with Crippen LogP contribution in [0, 0.1) is 0 Å². The van der Waals surface area contributed by atoms with E-state index in [4.69, 9.17) is 19.0 Å². The number of oxime groups is 1. The molecule has 1 unspecified atom stereocenters. The zero-order valence-electron chi connectivity index (χ0n) is 17.3. The summed E-state index contributed by atoms with van der Waals surface area (Å²) in [7, 11) is 1.34. The Bertz CT molecular complexity index is 1080. The van der Waals surface area contributed by atoms with Gasteiger partial charge in [0.15, 0.2) is 0 Å². The van der Waals surface area contributed by atoms with E-state index in [0.29, 0.717) is 29.3 Å². The smallest absolute Gasteiger partial charge is 0.337 e. The van der Waals surface area contributed by atoms with Gasteiger partial charge in [-0.1, -0.05) is 35.5 Å². The molecule has 0 spiro atoms. The van der Waals surface area contributed by atoms with Crippen LogP contribution in [-0.4, -0.2) is 43.3 Å². The fourth-order valence-electron chi connectivity index (χ4n) is 3.31. The van der Waals surface area contributed by atoms with Gasteiger partial charge in [-0.05, 0) is 47.9 Å². The largest absolute Gasteiger partial charge is 0.487 e. The number of esters is 1. The van der Waals surface area contributed by atoms with Gasteiger partial charge >= 0.3 is 5.97 Å². The number of fused-ring (bicyclic) bond motifs is 1. The second-order valence-electron chi connectivity index (χ2n) is 7.16. The van der Waals surface area contributed by atoms with E-state index in [1.54, 1.807) is 12.1 Å². The number of rotatable bonds is 7. The zero-order valence-corrected chi connectivity index (χ0v) is 17.3. The number of carbonyl (C=O) groups is 1. The lowest BCUT2D eigenvalue weighted by Gasteiger charge is -2.20. The maximum Gasteiger partial charge on any atom is 0.337 e. The molecule has 0 radical (unpaired) electrons. The van der Waals surface area contributed by atoms with E-state index in [-0.39, 0.29) is 6.61 Å². The van der Waals surface area contributed by atoms with Gasteiger partial charge in [-0.2, -0.15) is 0 Å². The van der Waals surface area contributed by atoms with E-state index in [2.05, 4.69) is 10.1 Å². The zero-order chi connectivity index (χ0) is 21.5. The third-order valence-corrected chi connectivity index (χ3v) is 4.99. The van der Waals surface area contributed by atoms with Crippen molar-refractivity contribution in [3.8, 4) is 5.75 Å². The first kappa shape index (κ1) is 20.8. The molecule has 2 aromatic carbocycles. The van der Waals surface area contributed by atoms with E-state index in [1.807, 2.05) is 42.5 Å². The molecule has 2 heterocycles. The Balaban J connectivity index is 1.55. The van der Waals surface area contributed by atoms with Gasteiger partial charge < -0.3 is 19.0 Å². The van der Waals surface area contributed by atoms with Gasteiger partial charge in [0.05, 0.1) is 25.0 Å². The topological polar surface area (TPSA) is 79.2 Å². The second-order valence-corrected chi connectivity index (χ2v) is 7.16. The van der Waals surface area contributed by atoms with Crippen LogP contribution in [0.3, 0.4) is 0 Å². The summed E-state index contributed by atoms with van der Waals surface area (Å²) >= 11 is 0. The van der Waals surface area contributed by atoms with Crippen LogP contribution in [-0.2, 0) is 14.3 Å². The SMILES string of the molecule is COC(=O)c1ccnc(/C(COc2ccc3ccccc3c2)=N/OC2CCCCO2)c1. The Kier molecular flexibility index (Phi) is 6.74. The Hall–Kier alpha value is -3.45. The number of hydrogen-bond donors (Lipinski definition) is 0. The van der Waals surface area contributed by atoms with Crippen LogP contribution >= 0.6 is 0 Å². The van der Waals surface area contributed by atoms with Crippen LogP contribution < -0.4 is 4.74 Å². The number of nitrogens with zero attached hydrogens (tertiary/aromatic N) is 2. The standard InChI is InChI=1S/C24H24N2O5/c1-28-24(27)19-11-12-25-21(15-19)22(26-31-23-8-4-5-13-29-23)16-30-20-10-9-17-6-2-3-7-18(17)14-20/h2-3,6-7,9-12,14-15,23H,4-5,8,13,16H2,1H3/b26-22+. The molecule has 1 atom stereocenters. The molecule has 160 valence electrons. The van der Waals surface area contributed by atoms with Gasteiger partial charge in [0.2, 0.25) is 6.29 Å². The van der Waals surface area contributed by atoms with Crippen molar-refractivity contribution < 1.29 is 23.8 Å². The second kappa shape index (κ2) is 10.0. The van der Waals surface area contributed by atoms with Crippen LogP contribution in [0.15, 0.2) is 65.9 Å². The fraction of sp³-hybridized carbons (Fsp3) is 0.292. The van der Waals surface area contributed by atoms with Crippen molar-refractivity contribution in [3.05, 3.63) is 72.1 Å². The van der Waals surface area contributed by atoms with Crippen molar-refractivity contribution in [2.24, 2.45) is 5.16 Å². The molecule has 1 aliphatic heterocycles. The van der Waals surface area contributed by atoms with Crippen LogP contribution in [0.25, 0.3) is 10.8 Å². The van der Waals surface area contributed by atoms with Crippen molar-refractivity contribution >= 4 is 22.5 Å². The van der Waals surface area contributed by atoms with Crippen molar-refractivity contribution in [1.29, 1.82) is 0 Å². The molecule has 1 fully saturated rings. The summed E-state index contributed by atoms with van der Waals surface area (Å²) in [6.45, 7) is 0.766. The lowest BCUT2D eigenvalue weighted by Crippen LogP contribution is -2.22. The minimum Gasteiger partial charge on any atom is -0.487 e. The number of aromatic nitrogens is 1. The minimum absolute atomic E-state index is 0.114. The van der Waals surface area contributed by atoms with Crippen LogP contribution in [0.2, 0.25) is 0 Å². The lowest BCUT2D eigenvalue weighted by molar-refractivity contribution is -0.162. The van der Waals surface area contributed by atoms with Crippen LogP contribution in [0.1, 0.15) is 35.3 Å². The van der Waals surface area contributed by atoms with Crippen molar-refractivity contribution in [3.63, 3.8) is 0 Å². The Morgan fingerprint density at radius 1 is 1.13 bits per heavy atom.